The van der Waals surface area contributed by atoms with E-state index in [1.165, 1.54) is 0 Å². The van der Waals surface area contributed by atoms with Crippen molar-refractivity contribution in [1.82, 2.24) is 10.6 Å². The summed E-state index contributed by atoms with van der Waals surface area (Å²) in [5.41, 5.74) is 0.991. The van der Waals surface area contributed by atoms with Gasteiger partial charge >= 0.3 is 0 Å². The summed E-state index contributed by atoms with van der Waals surface area (Å²) >= 11 is 0. The van der Waals surface area contributed by atoms with Crippen molar-refractivity contribution in [2.75, 3.05) is 48.1 Å². The maximum Gasteiger partial charge on any atom is 0.190 e. The molecule has 0 aromatic heterocycles. The van der Waals surface area contributed by atoms with Crippen LogP contribution >= 0.6 is 0 Å². The Hall–Kier alpha value is -2.15. The van der Waals surface area contributed by atoms with Gasteiger partial charge in [0.05, 0.1) is 27.4 Å². The number of hydrogen-bond donors (Lipinski definition) is 2. The minimum Gasteiger partial charge on any atom is -0.496 e. The predicted octanol–water partition coefficient (Wildman–Crippen LogP) is 2.87. The van der Waals surface area contributed by atoms with Crippen LogP contribution in [0.25, 0.3) is 0 Å². The number of nitrogens with zero attached hydrogens (tertiary/aromatic N) is 1. The molecule has 2 N–H and O–H groups in total. The first kappa shape index (κ1) is 23.9. The van der Waals surface area contributed by atoms with E-state index in [9.17, 15) is 0 Å². The summed E-state index contributed by atoms with van der Waals surface area (Å²) in [4.78, 5) is 4.29. The van der Waals surface area contributed by atoms with E-state index in [1.807, 2.05) is 19.1 Å². The number of guanidine groups is 1. The van der Waals surface area contributed by atoms with Gasteiger partial charge in [0.1, 0.15) is 17.2 Å². The number of aliphatic imine (C=N–C) groups is 1. The number of ether oxygens (including phenoxy) is 4. The molecule has 28 heavy (non-hydrogen) atoms. The lowest BCUT2D eigenvalue weighted by atomic mass is 10.0. The van der Waals surface area contributed by atoms with E-state index in [-0.39, 0.29) is 6.10 Å². The molecule has 1 atom stereocenters. The van der Waals surface area contributed by atoms with Gasteiger partial charge in [-0.1, -0.05) is 13.8 Å². The third-order valence-corrected chi connectivity index (χ3v) is 4.55. The number of rotatable bonds is 12. The SMILES string of the molecule is CCOC(CCNC(=NC)NCCc1c(OC)cc(OC)cc1OC)C(C)C. The molecule has 1 aromatic carbocycles. The van der Waals surface area contributed by atoms with Crippen molar-refractivity contribution < 1.29 is 18.9 Å². The number of hydrogen-bond acceptors (Lipinski definition) is 5. The average molecular weight is 396 g/mol. The van der Waals surface area contributed by atoms with Gasteiger partial charge in [-0.2, -0.15) is 0 Å². The molecule has 0 aliphatic heterocycles. The van der Waals surface area contributed by atoms with Gasteiger partial charge in [-0.05, 0) is 25.7 Å². The van der Waals surface area contributed by atoms with Crippen molar-refractivity contribution in [2.24, 2.45) is 10.9 Å². The molecule has 1 unspecified atom stereocenters. The van der Waals surface area contributed by atoms with Crippen LogP contribution in [0.1, 0.15) is 32.8 Å². The molecule has 0 amide bonds. The molecule has 1 aromatic rings. The van der Waals surface area contributed by atoms with E-state index >= 15 is 0 Å². The van der Waals surface area contributed by atoms with Crippen molar-refractivity contribution in [2.45, 2.75) is 39.7 Å². The minimum absolute atomic E-state index is 0.253. The third-order valence-electron chi connectivity index (χ3n) is 4.55. The van der Waals surface area contributed by atoms with E-state index in [2.05, 4.69) is 29.5 Å². The van der Waals surface area contributed by atoms with Crippen LogP contribution in [0.3, 0.4) is 0 Å². The molecule has 7 nitrogen and oxygen atoms in total. The fourth-order valence-corrected chi connectivity index (χ4v) is 3.01. The standard InChI is InChI=1S/C21H37N3O4/c1-8-28-18(15(2)3)10-12-24-21(22-4)23-11-9-17-19(26-6)13-16(25-5)14-20(17)27-7/h13-15,18H,8-12H2,1-7H3,(H2,22,23,24). The van der Waals surface area contributed by atoms with Crippen LogP contribution in [0, 0.1) is 5.92 Å². The third kappa shape index (κ3) is 7.46. The quantitative estimate of drug-likeness (QED) is 0.419. The highest BCUT2D eigenvalue weighted by Gasteiger charge is 2.14. The van der Waals surface area contributed by atoms with Crippen molar-refractivity contribution >= 4 is 5.96 Å². The molecule has 0 heterocycles. The van der Waals surface area contributed by atoms with Crippen LogP contribution in [0.15, 0.2) is 17.1 Å². The predicted molar refractivity (Wildman–Crippen MR) is 114 cm³/mol. The van der Waals surface area contributed by atoms with Crippen LogP contribution in [-0.2, 0) is 11.2 Å². The molecule has 0 fully saturated rings. The Labute approximate surface area is 169 Å². The number of benzene rings is 1. The topological polar surface area (TPSA) is 73.3 Å². The van der Waals surface area contributed by atoms with Crippen LogP contribution in [0.2, 0.25) is 0 Å². The van der Waals surface area contributed by atoms with E-state index in [0.717, 1.165) is 49.0 Å². The largest absolute Gasteiger partial charge is 0.496 e. The molecule has 0 saturated heterocycles. The summed E-state index contributed by atoms with van der Waals surface area (Å²) in [6, 6.07) is 3.73. The molecular weight excluding hydrogens is 358 g/mol. The Bertz CT molecular complexity index is 580. The van der Waals surface area contributed by atoms with E-state index in [1.54, 1.807) is 28.4 Å². The summed E-state index contributed by atoms with van der Waals surface area (Å²) in [5, 5.41) is 6.69. The fraction of sp³-hybridized carbons (Fsp3) is 0.667. The Morgan fingerprint density at radius 2 is 1.61 bits per heavy atom. The summed E-state index contributed by atoms with van der Waals surface area (Å²) in [6.07, 6.45) is 1.92. The summed E-state index contributed by atoms with van der Waals surface area (Å²) in [6.45, 7) is 8.63. The number of nitrogens with one attached hydrogen (secondary N) is 2. The summed E-state index contributed by atoms with van der Waals surface area (Å²) in [7, 11) is 6.69. The molecule has 0 saturated carbocycles. The first-order chi connectivity index (χ1) is 13.5. The Morgan fingerprint density at radius 1 is 1.00 bits per heavy atom. The molecule has 7 heteroatoms. The second kappa shape index (κ2) is 13.1. The van der Waals surface area contributed by atoms with Gasteiger partial charge in [0.15, 0.2) is 5.96 Å². The minimum atomic E-state index is 0.253. The normalized spacial score (nSPS) is 12.6. The molecular formula is C21H37N3O4. The molecule has 0 spiro atoms. The molecule has 0 radical (unpaired) electrons. The van der Waals surface area contributed by atoms with E-state index in [4.69, 9.17) is 18.9 Å². The van der Waals surface area contributed by atoms with E-state index in [0.29, 0.717) is 18.2 Å². The lowest BCUT2D eigenvalue weighted by Crippen LogP contribution is -2.40. The van der Waals surface area contributed by atoms with Gasteiger partial charge < -0.3 is 29.6 Å². The zero-order chi connectivity index (χ0) is 20.9. The van der Waals surface area contributed by atoms with Gasteiger partial charge in [0.2, 0.25) is 0 Å². The van der Waals surface area contributed by atoms with Crippen molar-refractivity contribution in [3.05, 3.63) is 17.7 Å². The monoisotopic (exact) mass is 395 g/mol. The molecule has 0 aliphatic rings. The zero-order valence-corrected chi connectivity index (χ0v) is 18.4. The van der Waals surface area contributed by atoms with Crippen LogP contribution in [0.5, 0.6) is 17.2 Å². The van der Waals surface area contributed by atoms with Gasteiger partial charge in [-0.15, -0.1) is 0 Å². The highest BCUT2D eigenvalue weighted by atomic mass is 16.5. The summed E-state index contributed by atoms with van der Waals surface area (Å²) < 4.78 is 22.1. The number of methoxy groups -OCH3 is 3. The Kier molecular flexibility index (Phi) is 11.2. The smallest absolute Gasteiger partial charge is 0.190 e. The van der Waals surface area contributed by atoms with Gasteiger partial charge in [0, 0.05) is 44.4 Å². The molecule has 0 aliphatic carbocycles. The molecule has 0 bridgehead atoms. The van der Waals surface area contributed by atoms with Crippen LogP contribution in [0.4, 0.5) is 0 Å². The van der Waals surface area contributed by atoms with Gasteiger partial charge in [-0.25, -0.2) is 0 Å². The Balaban J connectivity index is 2.59. The Morgan fingerprint density at radius 3 is 2.07 bits per heavy atom. The van der Waals surface area contributed by atoms with E-state index < -0.39 is 0 Å². The van der Waals surface area contributed by atoms with Crippen molar-refractivity contribution in [3.8, 4) is 17.2 Å². The highest BCUT2D eigenvalue weighted by molar-refractivity contribution is 5.79. The summed E-state index contributed by atoms with van der Waals surface area (Å²) in [5.74, 6) is 3.46. The maximum atomic E-state index is 5.79. The first-order valence-electron chi connectivity index (χ1n) is 9.85. The molecule has 160 valence electrons. The maximum absolute atomic E-state index is 5.79. The average Bonchev–Trinajstić information content (AvgIpc) is 2.71. The second-order valence-corrected chi connectivity index (χ2v) is 6.71. The van der Waals surface area contributed by atoms with Crippen LogP contribution < -0.4 is 24.8 Å². The van der Waals surface area contributed by atoms with Gasteiger partial charge in [0.25, 0.3) is 0 Å². The highest BCUT2D eigenvalue weighted by Crippen LogP contribution is 2.34. The van der Waals surface area contributed by atoms with Gasteiger partial charge in [-0.3, -0.25) is 4.99 Å². The second-order valence-electron chi connectivity index (χ2n) is 6.71. The molecule has 1 rings (SSSR count). The lowest BCUT2D eigenvalue weighted by molar-refractivity contribution is 0.0258. The first-order valence-corrected chi connectivity index (χ1v) is 9.85. The van der Waals surface area contributed by atoms with Crippen molar-refractivity contribution in [3.63, 3.8) is 0 Å². The van der Waals surface area contributed by atoms with Crippen molar-refractivity contribution in [1.29, 1.82) is 0 Å². The fourth-order valence-electron chi connectivity index (χ4n) is 3.01. The van der Waals surface area contributed by atoms with Crippen LogP contribution in [-0.4, -0.2) is 60.1 Å². The lowest BCUT2D eigenvalue weighted by Gasteiger charge is -2.21. The zero-order valence-electron chi connectivity index (χ0n) is 18.4.